The predicted molar refractivity (Wildman–Crippen MR) is 148 cm³/mol. The van der Waals surface area contributed by atoms with Crippen molar-refractivity contribution in [2.45, 2.75) is 88.2 Å². The molecule has 2 aromatic carbocycles. The van der Waals surface area contributed by atoms with Crippen LogP contribution in [0.1, 0.15) is 85.3 Å². The van der Waals surface area contributed by atoms with Crippen molar-refractivity contribution >= 4 is 23.7 Å². The Morgan fingerprint density at radius 2 is 1.68 bits per heavy atom. The number of hydrogen-bond acceptors (Lipinski definition) is 4. The molecule has 0 aliphatic heterocycles. The quantitative estimate of drug-likeness (QED) is 0.141. The van der Waals surface area contributed by atoms with E-state index in [1.54, 1.807) is 0 Å². The van der Waals surface area contributed by atoms with Gasteiger partial charge in [-0.3, -0.25) is 4.79 Å². The number of aliphatic hydroxyl groups excluding tert-OH is 1. The number of carbonyl (C=O) groups is 2. The van der Waals surface area contributed by atoms with Crippen LogP contribution in [0.15, 0.2) is 54.6 Å². The van der Waals surface area contributed by atoms with E-state index in [1.807, 2.05) is 12.2 Å². The number of halogens is 1. The van der Waals surface area contributed by atoms with Gasteiger partial charge in [-0.05, 0) is 60.9 Å². The molecule has 0 saturated heterocycles. The van der Waals surface area contributed by atoms with E-state index >= 15 is 0 Å². The Morgan fingerprint density at radius 3 is 2.32 bits per heavy atom. The molecule has 5 nitrogen and oxygen atoms in total. The van der Waals surface area contributed by atoms with Crippen molar-refractivity contribution in [3.8, 4) is 0 Å². The topological polar surface area (TPSA) is 94.8 Å². The molecule has 2 rings (SSSR count). The fraction of sp³-hybridized carbons (Fsp3) is 0.467. The van der Waals surface area contributed by atoms with Gasteiger partial charge in [-0.1, -0.05) is 75.1 Å². The summed E-state index contributed by atoms with van der Waals surface area (Å²) in [5.41, 5.74) is 2.74. The van der Waals surface area contributed by atoms with Gasteiger partial charge in [0.05, 0.1) is 11.7 Å². The predicted octanol–water partition coefficient (Wildman–Crippen LogP) is 7.05. The molecule has 0 aliphatic carbocycles. The zero-order valence-corrected chi connectivity index (χ0v) is 22.4. The third-order valence-electron chi connectivity index (χ3n) is 6.27. The summed E-state index contributed by atoms with van der Waals surface area (Å²) in [6.07, 6.45) is 11.8. The lowest BCUT2D eigenvalue weighted by atomic mass is 10.0. The van der Waals surface area contributed by atoms with Crippen LogP contribution in [0.25, 0.3) is 0 Å². The van der Waals surface area contributed by atoms with E-state index in [0.29, 0.717) is 24.8 Å². The first-order valence-corrected chi connectivity index (χ1v) is 14.1. The largest absolute Gasteiger partial charge is 0.481 e. The second-order valence-corrected chi connectivity index (χ2v) is 10.5. The minimum Gasteiger partial charge on any atom is -0.481 e. The normalized spacial score (nSPS) is 13.1. The first kappa shape index (κ1) is 30.6. The molecule has 0 aromatic heterocycles. The van der Waals surface area contributed by atoms with Crippen molar-refractivity contribution in [2.75, 3.05) is 0 Å². The Labute approximate surface area is 223 Å². The fourth-order valence-electron chi connectivity index (χ4n) is 4.02. The van der Waals surface area contributed by atoms with Gasteiger partial charge in [0.2, 0.25) is 0 Å². The Morgan fingerprint density at radius 1 is 0.973 bits per heavy atom. The Bertz CT molecular complexity index is 1010. The standard InChI is InChI=1S/C30H39FO5S/c1-2-3-4-5-6-9-22-14-16-23(17-15-22)10-7-12-28(27(32)11-8-13-29(33)34)37-21-25-19-18-24(30(35)36)20-26(25)31/h7,12,14-20,27-28,32H,2-6,8-11,13,21H2,1H3,(H,33,34)(H,35,36)/b12-7-/t27-,28+/m0/s1. The molecule has 0 saturated carbocycles. The first-order chi connectivity index (χ1) is 17.8. The highest BCUT2D eigenvalue weighted by Crippen LogP contribution is 2.26. The van der Waals surface area contributed by atoms with Gasteiger partial charge < -0.3 is 15.3 Å². The average molecular weight is 531 g/mol. The molecule has 2 atom stereocenters. The average Bonchev–Trinajstić information content (AvgIpc) is 2.87. The maximum atomic E-state index is 14.4. The molecule has 0 bridgehead atoms. The van der Waals surface area contributed by atoms with Crippen molar-refractivity contribution in [1.29, 1.82) is 0 Å². The van der Waals surface area contributed by atoms with E-state index < -0.39 is 23.9 Å². The molecule has 7 heteroatoms. The van der Waals surface area contributed by atoms with E-state index in [0.717, 1.165) is 18.1 Å². The SMILES string of the molecule is CCCCCCCc1ccc(C/C=C\[C@@H](SCc2ccc(C(=O)O)cc2F)[C@@H](O)CCCC(=O)O)cc1. The minimum absolute atomic E-state index is 0.0195. The second kappa shape index (κ2) is 17.0. The molecule has 3 N–H and O–H groups in total. The van der Waals surface area contributed by atoms with E-state index in [2.05, 4.69) is 31.2 Å². The van der Waals surface area contributed by atoms with Crippen LogP contribution in [0.3, 0.4) is 0 Å². The molecule has 202 valence electrons. The van der Waals surface area contributed by atoms with E-state index in [9.17, 15) is 19.1 Å². The van der Waals surface area contributed by atoms with Gasteiger partial charge in [0, 0.05) is 17.4 Å². The van der Waals surface area contributed by atoms with Crippen molar-refractivity contribution in [3.63, 3.8) is 0 Å². The number of aliphatic carboxylic acids is 1. The van der Waals surface area contributed by atoms with Crippen LogP contribution in [0, 0.1) is 5.82 Å². The molecule has 0 fully saturated rings. The Kier molecular flexibility index (Phi) is 14.0. The van der Waals surface area contributed by atoms with Gasteiger partial charge in [0.15, 0.2) is 0 Å². The van der Waals surface area contributed by atoms with Gasteiger partial charge >= 0.3 is 11.9 Å². The molecule has 0 heterocycles. The summed E-state index contributed by atoms with van der Waals surface area (Å²) in [4.78, 5) is 21.9. The van der Waals surface area contributed by atoms with Crippen LogP contribution < -0.4 is 0 Å². The van der Waals surface area contributed by atoms with Crippen LogP contribution in [-0.2, 0) is 23.4 Å². The Balaban J connectivity index is 1.96. The number of aromatic carboxylic acids is 1. The smallest absolute Gasteiger partial charge is 0.335 e. The lowest BCUT2D eigenvalue weighted by molar-refractivity contribution is -0.137. The van der Waals surface area contributed by atoms with Gasteiger partial charge in [-0.2, -0.15) is 0 Å². The third kappa shape index (κ3) is 12.0. The van der Waals surface area contributed by atoms with Crippen LogP contribution in [-0.4, -0.2) is 38.6 Å². The van der Waals surface area contributed by atoms with E-state index in [1.165, 1.54) is 61.6 Å². The summed E-state index contributed by atoms with van der Waals surface area (Å²) in [6, 6.07) is 12.4. The highest BCUT2D eigenvalue weighted by atomic mass is 32.2. The molecular weight excluding hydrogens is 491 g/mol. The van der Waals surface area contributed by atoms with Gasteiger partial charge in [-0.25, -0.2) is 9.18 Å². The number of rotatable bonds is 18. The second-order valence-electron chi connectivity index (χ2n) is 9.35. The Hall–Kier alpha value is -2.64. The molecule has 2 aromatic rings. The number of allylic oxidation sites excluding steroid dienone is 1. The molecule has 0 aliphatic rings. The highest BCUT2D eigenvalue weighted by molar-refractivity contribution is 7.99. The summed E-state index contributed by atoms with van der Waals surface area (Å²) >= 11 is 1.35. The number of carboxylic acids is 2. The van der Waals surface area contributed by atoms with Gasteiger partial charge in [-0.15, -0.1) is 11.8 Å². The summed E-state index contributed by atoms with van der Waals surface area (Å²) in [5, 5.41) is 28.3. The number of aliphatic hydroxyl groups is 1. The lowest BCUT2D eigenvalue weighted by Gasteiger charge is -2.20. The molecular formula is C30H39FO5S. The maximum Gasteiger partial charge on any atom is 0.335 e. The summed E-state index contributed by atoms with van der Waals surface area (Å²) in [6.45, 7) is 2.22. The monoisotopic (exact) mass is 530 g/mol. The first-order valence-electron chi connectivity index (χ1n) is 13.1. The van der Waals surface area contributed by atoms with Crippen LogP contribution >= 0.6 is 11.8 Å². The summed E-state index contributed by atoms with van der Waals surface area (Å²) < 4.78 is 14.4. The van der Waals surface area contributed by atoms with Crippen molar-refractivity contribution < 1.29 is 29.3 Å². The summed E-state index contributed by atoms with van der Waals surface area (Å²) in [5.74, 6) is -2.44. The number of carboxylic acid groups (broad SMARTS) is 2. The number of benzene rings is 2. The molecule has 0 amide bonds. The van der Waals surface area contributed by atoms with Crippen molar-refractivity contribution in [1.82, 2.24) is 0 Å². The number of unbranched alkanes of at least 4 members (excludes halogenated alkanes) is 4. The van der Waals surface area contributed by atoms with E-state index in [-0.39, 0.29) is 23.0 Å². The molecule has 0 unspecified atom stereocenters. The zero-order valence-electron chi connectivity index (χ0n) is 21.6. The third-order valence-corrected chi connectivity index (χ3v) is 7.61. The number of thioether (sulfide) groups is 1. The number of aryl methyl sites for hydroxylation is 1. The minimum atomic E-state index is -1.19. The van der Waals surface area contributed by atoms with Gasteiger partial charge in [0.1, 0.15) is 5.82 Å². The molecule has 0 spiro atoms. The number of hydrogen-bond donors (Lipinski definition) is 3. The van der Waals surface area contributed by atoms with E-state index in [4.69, 9.17) is 10.2 Å². The fourth-order valence-corrected chi connectivity index (χ4v) is 5.20. The molecule has 37 heavy (non-hydrogen) atoms. The van der Waals surface area contributed by atoms with Crippen LogP contribution in [0.5, 0.6) is 0 Å². The lowest BCUT2D eigenvalue weighted by Crippen LogP contribution is -2.22. The maximum absolute atomic E-state index is 14.4. The highest BCUT2D eigenvalue weighted by Gasteiger charge is 2.19. The van der Waals surface area contributed by atoms with Gasteiger partial charge in [0.25, 0.3) is 0 Å². The summed E-state index contributed by atoms with van der Waals surface area (Å²) in [7, 11) is 0. The van der Waals surface area contributed by atoms with Crippen LogP contribution in [0.4, 0.5) is 4.39 Å². The van der Waals surface area contributed by atoms with Crippen LogP contribution in [0.2, 0.25) is 0 Å². The van der Waals surface area contributed by atoms with Crippen molar-refractivity contribution in [3.05, 3.63) is 82.7 Å². The molecule has 0 radical (unpaired) electrons. The van der Waals surface area contributed by atoms with Crippen molar-refractivity contribution in [2.24, 2.45) is 0 Å². The zero-order chi connectivity index (χ0) is 27.0.